The Hall–Kier alpha value is -3.22. The van der Waals surface area contributed by atoms with Crippen LogP contribution in [0.1, 0.15) is 32.7 Å². The predicted molar refractivity (Wildman–Crippen MR) is 96.7 cm³/mol. The van der Waals surface area contributed by atoms with Gasteiger partial charge in [-0.3, -0.25) is 14.9 Å². The van der Waals surface area contributed by atoms with Gasteiger partial charge in [-0.2, -0.15) is 0 Å². The normalized spacial score (nSPS) is 10.9. The first-order valence-electron chi connectivity index (χ1n) is 8.08. The molecule has 1 aromatic heterocycles. The van der Waals surface area contributed by atoms with E-state index in [-0.39, 0.29) is 17.7 Å². The minimum absolute atomic E-state index is 0.0745. The van der Waals surface area contributed by atoms with Crippen LogP contribution in [-0.2, 0) is 6.54 Å². The summed E-state index contributed by atoms with van der Waals surface area (Å²) in [6, 6.07) is 7.91. The van der Waals surface area contributed by atoms with Crippen LogP contribution in [0.5, 0.6) is 0 Å². The highest BCUT2D eigenvalue weighted by molar-refractivity contribution is 5.95. The van der Waals surface area contributed by atoms with E-state index in [1.165, 1.54) is 6.92 Å². The predicted octanol–water partition coefficient (Wildman–Crippen LogP) is 4.07. The van der Waals surface area contributed by atoms with Gasteiger partial charge < -0.3 is 10.3 Å². The summed E-state index contributed by atoms with van der Waals surface area (Å²) < 4.78 is 13.9. The van der Waals surface area contributed by atoms with Crippen molar-refractivity contribution < 1.29 is 14.1 Å². The molecule has 3 aromatic rings. The van der Waals surface area contributed by atoms with E-state index in [0.29, 0.717) is 0 Å². The molecule has 0 fully saturated rings. The van der Waals surface area contributed by atoms with Crippen molar-refractivity contribution in [2.24, 2.45) is 0 Å². The van der Waals surface area contributed by atoms with Gasteiger partial charge in [0, 0.05) is 34.8 Å². The Morgan fingerprint density at radius 2 is 1.92 bits per heavy atom. The molecule has 26 heavy (non-hydrogen) atoms. The molecule has 2 N–H and O–H groups in total. The lowest BCUT2D eigenvalue weighted by Gasteiger charge is -2.07. The van der Waals surface area contributed by atoms with Crippen LogP contribution >= 0.6 is 0 Å². The van der Waals surface area contributed by atoms with Crippen LogP contribution in [0.3, 0.4) is 0 Å². The smallest absolute Gasteiger partial charge is 0.276 e. The third-order valence-electron chi connectivity index (χ3n) is 4.60. The number of benzene rings is 2. The summed E-state index contributed by atoms with van der Waals surface area (Å²) in [6.07, 6.45) is 0. The largest absolute Gasteiger partial charge is 0.358 e. The Balaban J connectivity index is 1.81. The van der Waals surface area contributed by atoms with E-state index >= 15 is 0 Å². The number of aromatic amines is 1. The van der Waals surface area contributed by atoms with Crippen molar-refractivity contribution in [2.45, 2.75) is 27.3 Å². The van der Waals surface area contributed by atoms with Crippen LogP contribution in [0.2, 0.25) is 0 Å². The molecule has 3 rings (SSSR count). The number of halogens is 1. The van der Waals surface area contributed by atoms with Crippen molar-refractivity contribution in [3.63, 3.8) is 0 Å². The number of carbonyl (C=O) groups excluding carboxylic acids is 1. The molecular formula is C19H18FN3O3. The molecule has 2 aromatic carbocycles. The van der Waals surface area contributed by atoms with Crippen LogP contribution < -0.4 is 5.32 Å². The molecule has 1 heterocycles. The van der Waals surface area contributed by atoms with E-state index in [1.807, 2.05) is 32.0 Å². The highest BCUT2D eigenvalue weighted by Gasteiger charge is 2.19. The van der Waals surface area contributed by atoms with Crippen LogP contribution in [0.15, 0.2) is 30.3 Å². The maximum Gasteiger partial charge on any atom is 0.276 e. The molecule has 7 heteroatoms. The van der Waals surface area contributed by atoms with E-state index in [2.05, 4.69) is 10.3 Å². The molecule has 6 nitrogen and oxygen atoms in total. The number of hydrogen-bond acceptors (Lipinski definition) is 3. The molecule has 0 aliphatic carbocycles. The molecule has 1 amide bonds. The summed E-state index contributed by atoms with van der Waals surface area (Å²) in [5, 5.41) is 14.7. The van der Waals surface area contributed by atoms with Crippen molar-refractivity contribution in [3.05, 3.63) is 74.2 Å². The number of rotatable bonds is 4. The maximum absolute atomic E-state index is 13.9. The van der Waals surface area contributed by atoms with Crippen LogP contribution in [0.25, 0.3) is 10.9 Å². The third kappa shape index (κ3) is 3.15. The fraction of sp³-hybridized carbons (Fsp3) is 0.211. The van der Waals surface area contributed by atoms with Crippen LogP contribution in [-0.4, -0.2) is 15.8 Å². The lowest BCUT2D eigenvalue weighted by molar-refractivity contribution is -0.385. The number of nitro benzene ring substituents is 1. The van der Waals surface area contributed by atoms with E-state index in [9.17, 15) is 19.3 Å². The van der Waals surface area contributed by atoms with Gasteiger partial charge in [0.05, 0.1) is 10.5 Å². The molecule has 0 saturated carbocycles. The van der Waals surface area contributed by atoms with Gasteiger partial charge in [-0.1, -0.05) is 6.07 Å². The number of carbonyl (C=O) groups is 1. The summed E-state index contributed by atoms with van der Waals surface area (Å²) in [7, 11) is 0. The number of amides is 1. The monoisotopic (exact) mass is 355 g/mol. The van der Waals surface area contributed by atoms with Crippen molar-refractivity contribution in [2.75, 3.05) is 0 Å². The molecule has 0 aliphatic rings. The minimum atomic E-state index is -0.774. The van der Waals surface area contributed by atoms with Gasteiger partial charge in [-0.15, -0.1) is 0 Å². The van der Waals surface area contributed by atoms with Gasteiger partial charge in [0.25, 0.3) is 11.6 Å². The van der Waals surface area contributed by atoms with E-state index in [4.69, 9.17) is 0 Å². The Kier molecular flexibility index (Phi) is 4.46. The summed E-state index contributed by atoms with van der Waals surface area (Å²) in [5.74, 6) is -1.33. The molecule has 0 aliphatic heterocycles. The van der Waals surface area contributed by atoms with E-state index in [0.717, 1.165) is 39.9 Å². The maximum atomic E-state index is 13.9. The summed E-state index contributed by atoms with van der Waals surface area (Å²) in [6.45, 7) is 5.56. The number of aromatic nitrogens is 1. The standard InChI is InChI=1S/C19H18FN3O3/c1-10-12(3)22-17-5-4-13(6-15(10)17)9-21-19(24)14-7-16(20)11(2)18(8-14)23(25)26/h4-8,22H,9H2,1-3H3,(H,21,24). The Morgan fingerprint density at radius 3 is 2.62 bits per heavy atom. The number of nitrogens with one attached hydrogen (secondary N) is 2. The molecule has 0 bridgehead atoms. The molecule has 134 valence electrons. The second kappa shape index (κ2) is 6.59. The minimum Gasteiger partial charge on any atom is -0.358 e. The lowest BCUT2D eigenvalue weighted by atomic mass is 10.1. The van der Waals surface area contributed by atoms with Gasteiger partial charge in [0.15, 0.2) is 0 Å². The van der Waals surface area contributed by atoms with Gasteiger partial charge in [-0.25, -0.2) is 4.39 Å². The van der Waals surface area contributed by atoms with Gasteiger partial charge >= 0.3 is 0 Å². The topological polar surface area (TPSA) is 88.0 Å². The number of nitrogens with zero attached hydrogens (tertiary/aromatic N) is 1. The Bertz CT molecular complexity index is 1040. The SMILES string of the molecule is Cc1[nH]c2ccc(CNC(=O)c3cc(F)c(C)c([N+](=O)[O-])c3)cc2c1C. The number of aryl methyl sites for hydroxylation is 2. The van der Waals surface area contributed by atoms with Gasteiger partial charge in [0.2, 0.25) is 0 Å². The van der Waals surface area contributed by atoms with E-state index < -0.39 is 22.3 Å². The summed E-state index contributed by atoms with van der Waals surface area (Å²) in [5.41, 5.74) is 3.56. The zero-order valence-electron chi connectivity index (χ0n) is 14.6. The second-order valence-corrected chi connectivity index (χ2v) is 6.30. The molecular weight excluding hydrogens is 337 g/mol. The van der Waals surface area contributed by atoms with E-state index in [1.54, 1.807) is 0 Å². The lowest BCUT2D eigenvalue weighted by Crippen LogP contribution is -2.23. The summed E-state index contributed by atoms with van der Waals surface area (Å²) in [4.78, 5) is 25.9. The van der Waals surface area contributed by atoms with Crippen molar-refractivity contribution in [3.8, 4) is 0 Å². The van der Waals surface area contributed by atoms with Crippen LogP contribution in [0, 0.1) is 36.7 Å². The zero-order chi connectivity index (χ0) is 19.0. The fourth-order valence-corrected chi connectivity index (χ4v) is 2.89. The first-order valence-corrected chi connectivity index (χ1v) is 8.08. The molecule has 0 atom stereocenters. The number of fused-ring (bicyclic) bond motifs is 1. The fourth-order valence-electron chi connectivity index (χ4n) is 2.89. The molecule has 0 spiro atoms. The average molecular weight is 355 g/mol. The van der Waals surface area contributed by atoms with Gasteiger partial charge in [0.1, 0.15) is 5.82 Å². The average Bonchev–Trinajstić information content (AvgIpc) is 2.89. The third-order valence-corrected chi connectivity index (χ3v) is 4.60. The summed E-state index contributed by atoms with van der Waals surface area (Å²) >= 11 is 0. The molecule has 0 unspecified atom stereocenters. The number of hydrogen-bond donors (Lipinski definition) is 2. The highest BCUT2D eigenvalue weighted by atomic mass is 19.1. The number of nitro groups is 1. The molecule has 0 saturated heterocycles. The van der Waals surface area contributed by atoms with Crippen molar-refractivity contribution >= 4 is 22.5 Å². The van der Waals surface area contributed by atoms with Gasteiger partial charge in [-0.05, 0) is 50.1 Å². The zero-order valence-corrected chi connectivity index (χ0v) is 14.6. The highest BCUT2D eigenvalue weighted by Crippen LogP contribution is 2.24. The molecule has 0 radical (unpaired) electrons. The van der Waals surface area contributed by atoms with Crippen LogP contribution in [0.4, 0.5) is 10.1 Å². The Labute approximate surface area is 149 Å². The first kappa shape index (κ1) is 17.6. The first-order chi connectivity index (χ1) is 12.3. The number of H-pyrrole nitrogens is 1. The van der Waals surface area contributed by atoms with Crippen molar-refractivity contribution in [1.29, 1.82) is 0 Å². The quantitative estimate of drug-likeness (QED) is 0.546. The van der Waals surface area contributed by atoms with Crippen molar-refractivity contribution in [1.82, 2.24) is 10.3 Å². The second-order valence-electron chi connectivity index (χ2n) is 6.30. The Morgan fingerprint density at radius 1 is 1.19 bits per heavy atom.